The highest BCUT2D eigenvalue weighted by Gasteiger charge is 2.29. The smallest absolute Gasteiger partial charge is 0.310 e. The van der Waals surface area contributed by atoms with Gasteiger partial charge in [-0.25, -0.2) is 0 Å². The maximum atomic E-state index is 12.1. The number of nitrogens with zero attached hydrogens (tertiary/aromatic N) is 2. The lowest BCUT2D eigenvalue weighted by atomic mass is 9.98. The van der Waals surface area contributed by atoms with Crippen molar-refractivity contribution >= 4 is 11.9 Å². The SMILES string of the molecule is CCOC(=O)[C@H]1CCCN(C(=O)Cc2ccn[nH]2)C1. The van der Waals surface area contributed by atoms with Crippen LogP contribution in [-0.4, -0.2) is 46.7 Å². The van der Waals surface area contributed by atoms with Crippen LogP contribution in [-0.2, 0) is 20.7 Å². The van der Waals surface area contributed by atoms with Crippen LogP contribution in [0.25, 0.3) is 0 Å². The number of rotatable bonds is 4. The van der Waals surface area contributed by atoms with E-state index < -0.39 is 0 Å². The van der Waals surface area contributed by atoms with Crippen LogP contribution in [0.5, 0.6) is 0 Å². The molecule has 1 aliphatic rings. The van der Waals surface area contributed by atoms with E-state index in [9.17, 15) is 9.59 Å². The molecule has 0 aliphatic carbocycles. The fraction of sp³-hybridized carbons (Fsp3) is 0.615. The number of hydrogen-bond acceptors (Lipinski definition) is 4. The van der Waals surface area contributed by atoms with Crippen molar-refractivity contribution in [2.24, 2.45) is 5.92 Å². The van der Waals surface area contributed by atoms with Crippen LogP contribution in [0.4, 0.5) is 0 Å². The van der Waals surface area contributed by atoms with Crippen LogP contribution >= 0.6 is 0 Å². The summed E-state index contributed by atoms with van der Waals surface area (Å²) in [6.45, 7) is 3.36. The quantitative estimate of drug-likeness (QED) is 0.815. The highest BCUT2D eigenvalue weighted by molar-refractivity contribution is 5.80. The molecule has 1 N–H and O–H groups in total. The minimum Gasteiger partial charge on any atom is -0.466 e. The number of aromatic nitrogens is 2. The van der Waals surface area contributed by atoms with Crippen LogP contribution < -0.4 is 0 Å². The Morgan fingerprint density at radius 2 is 2.42 bits per heavy atom. The summed E-state index contributed by atoms with van der Waals surface area (Å²) in [6, 6.07) is 1.78. The topological polar surface area (TPSA) is 75.3 Å². The fourth-order valence-electron chi connectivity index (χ4n) is 2.31. The molecule has 1 amide bonds. The first-order chi connectivity index (χ1) is 9.20. The lowest BCUT2D eigenvalue weighted by Gasteiger charge is -2.31. The molecule has 0 saturated carbocycles. The van der Waals surface area contributed by atoms with E-state index in [4.69, 9.17) is 4.74 Å². The zero-order valence-electron chi connectivity index (χ0n) is 11.1. The average Bonchev–Trinajstić information content (AvgIpc) is 2.92. The van der Waals surface area contributed by atoms with Crippen molar-refractivity contribution in [3.8, 4) is 0 Å². The van der Waals surface area contributed by atoms with E-state index >= 15 is 0 Å². The Morgan fingerprint density at radius 3 is 3.11 bits per heavy atom. The van der Waals surface area contributed by atoms with Crippen LogP contribution in [0.15, 0.2) is 12.3 Å². The minimum absolute atomic E-state index is 0.0262. The summed E-state index contributed by atoms with van der Waals surface area (Å²) < 4.78 is 5.02. The number of esters is 1. The Kier molecular flexibility index (Phi) is 4.54. The largest absolute Gasteiger partial charge is 0.466 e. The number of ether oxygens (including phenoxy) is 1. The van der Waals surface area contributed by atoms with E-state index in [2.05, 4.69) is 10.2 Å². The molecular weight excluding hydrogens is 246 g/mol. The van der Waals surface area contributed by atoms with Gasteiger partial charge in [-0.2, -0.15) is 5.10 Å². The van der Waals surface area contributed by atoms with Gasteiger partial charge in [0.25, 0.3) is 0 Å². The molecule has 0 unspecified atom stereocenters. The summed E-state index contributed by atoms with van der Waals surface area (Å²) in [4.78, 5) is 25.6. The van der Waals surface area contributed by atoms with E-state index in [0.29, 0.717) is 26.1 Å². The first-order valence-corrected chi connectivity index (χ1v) is 6.63. The van der Waals surface area contributed by atoms with E-state index in [1.54, 1.807) is 24.1 Å². The van der Waals surface area contributed by atoms with Gasteiger partial charge in [0.15, 0.2) is 0 Å². The monoisotopic (exact) mass is 265 g/mol. The van der Waals surface area contributed by atoms with Crippen LogP contribution in [0.1, 0.15) is 25.5 Å². The number of carbonyl (C=O) groups excluding carboxylic acids is 2. The second kappa shape index (κ2) is 6.36. The van der Waals surface area contributed by atoms with Crippen molar-refractivity contribution in [2.75, 3.05) is 19.7 Å². The van der Waals surface area contributed by atoms with Crippen molar-refractivity contribution in [3.05, 3.63) is 18.0 Å². The standard InChI is InChI=1S/C13H19N3O3/c1-2-19-13(18)10-4-3-7-16(9-10)12(17)8-11-5-6-14-15-11/h5-6,10H,2-4,7-9H2,1H3,(H,14,15)/t10-/m0/s1. The Morgan fingerprint density at radius 1 is 1.58 bits per heavy atom. The summed E-state index contributed by atoms with van der Waals surface area (Å²) in [5.41, 5.74) is 0.795. The van der Waals surface area contributed by atoms with E-state index in [1.807, 2.05) is 0 Å². The summed E-state index contributed by atoms with van der Waals surface area (Å²) in [7, 11) is 0. The van der Waals surface area contributed by atoms with Gasteiger partial charge in [-0.15, -0.1) is 0 Å². The number of H-pyrrole nitrogens is 1. The summed E-state index contributed by atoms with van der Waals surface area (Å²) in [6.07, 6.45) is 3.57. The van der Waals surface area contributed by atoms with Gasteiger partial charge in [0.2, 0.25) is 5.91 Å². The molecule has 1 aliphatic heterocycles. The van der Waals surface area contributed by atoms with Gasteiger partial charge in [-0.3, -0.25) is 14.7 Å². The van der Waals surface area contributed by atoms with Crippen molar-refractivity contribution in [1.82, 2.24) is 15.1 Å². The first-order valence-electron chi connectivity index (χ1n) is 6.63. The highest BCUT2D eigenvalue weighted by atomic mass is 16.5. The summed E-state index contributed by atoms with van der Waals surface area (Å²) in [5, 5.41) is 6.59. The Hall–Kier alpha value is -1.85. The third-order valence-electron chi connectivity index (χ3n) is 3.29. The van der Waals surface area contributed by atoms with Gasteiger partial charge in [-0.05, 0) is 25.8 Å². The first kappa shape index (κ1) is 13.6. The average molecular weight is 265 g/mol. The Balaban J connectivity index is 1.89. The van der Waals surface area contributed by atoms with Crippen molar-refractivity contribution in [1.29, 1.82) is 0 Å². The Bertz CT molecular complexity index is 430. The molecule has 1 aromatic rings. The summed E-state index contributed by atoms with van der Waals surface area (Å²) in [5.74, 6) is -0.348. The highest BCUT2D eigenvalue weighted by Crippen LogP contribution is 2.18. The van der Waals surface area contributed by atoms with Crippen LogP contribution in [0.3, 0.4) is 0 Å². The molecule has 1 atom stereocenters. The van der Waals surface area contributed by atoms with Gasteiger partial charge in [0.05, 0.1) is 18.9 Å². The van der Waals surface area contributed by atoms with Gasteiger partial charge < -0.3 is 9.64 Å². The molecule has 104 valence electrons. The number of carbonyl (C=O) groups is 2. The molecule has 0 radical (unpaired) electrons. The van der Waals surface area contributed by atoms with Crippen LogP contribution in [0.2, 0.25) is 0 Å². The lowest BCUT2D eigenvalue weighted by Crippen LogP contribution is -2.43. The number of likely N-dealkylation sites (tertiary alicyclic amines) is 1. The van der Waals surface area contributed by atoms with Gasteiger partial charge in [0.1, 0.15) is 0 Å². The molecule has 6 heteroatoms. The molecule has 1 aromatic heterocycles. The van der Waals surface area contributed by atoms with Gasteiger partial charge in [-0.1, -0.05) is 0 Å². The molecule has 1 saturated heterocycles. The molecule has 2 rings (SSSR count). The van der Waals surface area contributed by atoms with E-state index in [-0.39, 0.29) is 17.8 Å². The maximum absolute atomic E-state index is 12.1. The normalized spacial score (nSPS) is 19.2. The van der Waals surface area contributed by atoms with Crippen molar-refractivity contribution < 1.29 is 14.3 Å². The molecule has 19 heavy (non-hydrogen) atoms. The number of amides is 1. The third kappa shape index (κ3) is 3.56. The Labute approximate surface area is 112 Å². The number of piperidine rings is 1. The predicted octanol–water partition coefficient (Wildman–Crippen LogP) is 0.754. The number of hydrogen-bond donors (Lipinski definition) is 1. The minimum atomic E-state index is -0.193. The number of nitrogens with one attached hydrogen (secondary N) is 1. The maximum Gasteiger partial charge on any atom is 0.310 e. The van der Waals surface area contributed by atoms with Gasteiger partial charge in [0, 0.05) is 25.0 Å². The zero-order chi connectivity index (χ0) is 13.7. The fourth-order valence-corrected chi connectivity index (χ4v) is 2.31. The zero-order valence-corrected chi connectivity index (χ0v) is 11.1. The molecular formula is C13H19N3O3. The molecule has 0 aromatic carbocycles. The molecule has 1 fully saturated rings. The van der Waals surface area contributed by atoms with E-state index in [1.165, 1.54) is 0 Å². The molecule has 0 spiro atoms. The second-order valence-corrected chi connectivity index (χ2v) is 4.69. The lowest BCUT2D eigenvalue weighted by molar-refractivity contribution is -0.151. The van der Waals surface area contributed by atoms with Gasteiger partial charge >= 0.3 is 5.97 Å². The van der Waals surface area contributed by atoms with Crippen molar-refractivity contribution in [3.63, 3.8) is 0 Å². The van der Waals surface area contributed by atoms with Crippen molar-refractivity contribution in [2.45, 2.75) is 26.2 Å². The second-order valence-electron chi connectivity index (χ2n) is 4.69. The number of aromatic amines is 1. The molecule has 0 bridgehead atoms. The van der Waals surface area contributed by atoms with Crippen LogP contribution in [0, 0.1) is 5.92 Å². The molecule has 2 heterocycles. The third-order valence-corrected chi connectivity index (χ3v) is 3.29. The molecule has 6 nitrogen and oxygen atoms in total. The predicted molar refractivity (Wildman–Crippen MR) is 68.2 cm³/mol. The van der Waals surface area contributed by atoms with E-state index in [0.717, 1.165) is 18.5 Å². The summed E-state index contributed by atoms with van der Waals surface area (Å²) >= 11 is 0.